The van der Waals surface area contributed by atoms with Gasteiger partial charge in [-0.3, -0.25) is 4.40 Å². The monoisotopic (exact) mass is 354 g/mol. The zero-order chi connectivity index (χ0) is 18.2. The van der Waals surface area contributed by atoms with Crippen LogP contribution in [0.15, 0.2) is 52.8 Å². The molecule has 0 saturated heterocycles. The van der Waals surface area contributed by atoms with Gasteiger partial charge in [0, 0.05) is 11.6 Å². The van der Waals surface area contributed by atoms with Crippen molar-refractivity contribution in [3.05, 3.63) is 58.9 Å². The molecule has 2 heterocycles. The van der Waals surface area contributed by atoms with Gasteiger partial charge < -0.3 is 0 Å². The lowest BCUT2D eigenvalue weighted by molar-refractivity contribution is 0.574. The van der Waals surface area contributed by atoms with Gasteiger partial charge in [-0.05, 0) is 35.7 Å². The van der Waals surface area contributed by atoms with Crippen molar-refractivity contribution >= 4 is 28.8 Å². The summed E-state index contributed by atoms with van der Waals surface area (Å²) in [6, 6.07) is 11.9. The number of pyridine rings is 1. The fourth-order valence-electron chi connectivity index (χ4n) is 2.64. The summed E-state index contributed by atoms with van der Waals surface area (Å²) in [6.45, 7) is 10.7. The van der Waals surface area contributed by atoms with Gasteiger partial charge in [0.25, 0.3) is 0 Å². The lowest BCUT2D eigenvalue weighted by Gasteiger charge is -2.15. The van der Waals surface area contributed by atoms with Gasteiger partial charge in [0.15, 0.2) is 5.82 Å². The van der Waals surface area contributed by atoms with Crippen molar-refractivity contribution < 1.29 is 0 Å². The maximum Gasteiger partial charge on any atom is 0.183 e. The molecule has 0 unspecified atom stereocenters. The van der Waals surface area contributed by atoms with Gasteiger partial charge in [0.05, 0.1) is 16.4 Å². The minimum absolute atomic E-state index is 0.144. The molecule has 3 rings (SSSR count). The Balaban J connectivity index is 2.06. The first-order chi connectivity index (χ1) is 11.8. The summed E-state index contributed by atoms with van der Waals surface area (Å²) in [7, 11) is 0. The van der Waals surface area contributed by atoms with Crippen LogP contribution in [0.5, 0.6) is 0 Å². The first-order valence-corrected chi connectivity index (χ1v) is 8.83. The summed E-state index contributed by atoms with van der Waals surface area (Å²) in [6.07, 6.45) is 1.83. The second kappa shape index (κ2) is 6.60. The van der Waals surface area contributed by atoms with E-state index in [1.807, 2.05) is 34.9 Å². The predicted molar refractivity (Wildman–Crippen MR) is 104 cm³/mol. The fraction of sp³-hybridized carbons (Fsp3) is 0.350. The van der Waals surface area contributed by atoms with Gasteiger partial charge in [-0.25, -0.2) is 4.98 Å². The highest BCUT2D eigenvalue weighted by atomic mass is 35.5. The number of aromatic nitrogens is 2. The predicted octanol–water partition coefficient (Wildman–Crippen LogP) is 6.82. The van der Waals surface area contributed by atoms with Crippen molar-refractivity contribution in [3.63, 3.8) is 0 Å². The smallest absolute Gasteiger partial charge is 0.183 e. The van der Waals surface area contributed by atoms with Crippen LogP contribution in [0.2, 0.25) is 5.02 Å². The molecule has 5 heteroatoms. The minimum Gasteiger partial charge on any atom is -0.281 e. The molecule has 0 fully saturated rings. The Morgan fingerprint density at radius 3 is 2.28 bits per heavy atom. The van der Waals surface area contributed by atoms with Gasteiger partial charge in [-0.2, -0.15) is 0 Å². The molecule has 130 valence electrons. The van der Waals surface area contributed by atoms with E-state index in [9.17, 15) is 0 Å². The average molecular weight is 355 g/mol. The number of nitrogens with zero attached hydrogens (tertiary/aromatic N) is 4. The van der Waals surface area contributed by atoms with Crippen LogP contribution in [0.1, 0.15) is 51.8 Å². The van der Waals surface area contributed by atoms with Crippen LogP contribution in [0.25, 0.3) is 5.65 Å². The lowest BCUT2D eigenvalue weighted by atomic mass is 9.92. The molecule has 3 aromatic rings. The second-order valence-electron chi connectivity index (χ2n) is 7.56. The Morgan fingerprint density at radius 2 is 1.68 bits per heavy atom. The maximum absolute atomic E-state index is 6.16. The van der Waals surface area contributed by atoms with E-state index in [-0.39, 0.29) is 5.41 Å². The number of hydrogen-bond donors (Lipinski definition) is 0. The van der Waals surface area contributed by atoms with E-state index in [1.165, 1.54) is 5.56 Å². The Morgan fingerprint density at radius 1 is 1.00 bits per heavy atom. The standard InChI is InChI=1S/C20H23ClN4/c1-13(2)14-6-9-16(10-7-14)23-24-19-18(20(3,4)5)22-17-11-8-15(21)12-25(17)19/h6-13H,1-5H3. The van der Waals surface area contributed by atoms with E-state index in [0.717, 1.165) is 22.8 Å². The highest BCUT2D eigenvalue weighted by Crippen LogP contribution is 2.33. The van der Waals surface area contributed by atoms with Crippen molar-refractivity contribution in [1.29, 1.82) is 0 Å². The van der Waals surface area contributed by atoms with Crippen LogP contribution < -0.4 is 0 Å². The number of azo groups is 1. The van der Waals surface area contributed by atoms with Gasteiger partial charge in [-0.1, -0.05) is 58.4 Å². The molecular weight excluding hydrogens is 332 g/mol. The first kappa shape index (κ1) is 17.6. The summed E-state index contributed by atoms with van der Waals surface area (Å²) in [5, 5.41) is 9.58. The summed E-state index contributed by atoms with van der Waals surface area (Å²) < 4.78 is 1.90. The Hall–Kier alpha value is -2.20. The molecule has 0 radical (unpaired) electrons. The molecule has 0 aliphatic heterocycles. The van der Waals surface area contributed by atoms with Crippen LogP contribution in [0.3, 0.4) is 0 Å². The Kier molecular flexibility index (Phi) is 4.65. The molecule has 0 spiro atoms. The van der Waals surface area contributed by atoms with Crippen molar-refractivity contribution in [3.8, 4) is 0 Å². The molecule has 0 saturated carbocycles. The summed E-state index contributed by atoms with van der Waals surface area (Å²) >= 11 is 6.16. The molecule has 25 heavy (non-hydrogen) atoms. The number of hydrogen-bond acceptors (Lipinski definition) is 3. The van der Waals surface area contributed by atoms with Crippen LogP contribution in [0.4, 0.5) is 11.5 Å². The molecule has 0 atom stereocenters. The Bertz CT molecular complexity index is 915. The third kappa shape index (κ3) is 3.74. The van der Waals surface area contributed by atoms with Gasteiger partial charge >= 0.3 is 0 Å². The molecule has 0 bridgehead atoms. The highest BCUT2D eigenvalue weighted by molar-refractivity contribution is 6.30. The van der Waals surface area contributed by atoms with Gasteiger partial charge in [0.1, 0.15) is 5.65 Å². The van der Waals surface area contributed by atoms with Crippen LogP contribution in [-0.2, 0) is 5.41 Å². The summed E-state index contributed by atoms with van der Waals surface area (Å²) in [5.41, 5.74) is 3.68. The molecule has 0 aliphatic rings. The lowest BCUT2D eigenvalue weighted by Crippen LogP contribution is -2.11. The topological polar surface area (TPSA) is 42.0 Å². The zero-order valence-corrected chi connectivity index (χ0v) is 16.0. The largest absolute Gasteiger partial charge is 0.281 e. The molecule has 0 N–H and O–H groups in total. The highest BCUT2D eigenvalue weighted by Gasteiger charge is 2.24. The molecule has 4 nitrogen and oxygen atoms in total. The molecule has 2 aromatic heterocycles. The second-order valence-corrected chi connectivity index (χ2v) is 7.99. The van der Waals surface area contributed by atoms with E-state index < -0.39 is 0 Å². The number of halogens is 1. The number of fused-ring (bicyclic) bond motifs is 1. The van der Waals surface area contributed by atoms with E-state index >= 15 is 0 Å². The summed E-state index contributed by atoms with van der Waals surface area (Å²) in [5.74, 6) is 1.22. The maximum atomic E-state index is 6.16. The van der Waals surface area contributed by atoms with Crippen molar-refractivity contribution in [2.24, 2.45) is 10.2 Å². The zero-order valence-electron chi connectivity index (χ0n) is 15.3. The van der Waals surface area contributed by atoms with E-state index in [0.29, 0.717) is 10.9 Å². The van der Waals surface area contributed by atoms with Crippen LogP contribution >= 0.6 is 11.6 Å². The number of rotatable bonds is 3. The van der Waals surface area contributed by atoms with Crippen molar-refractivity contribution in [2.45, 2.75) is 46.0 Å². The van der Waals surface area contributed by atoms with Gasteiger partial charge in [0.2, 0.25) is 0 Å². The normalized spacial score (nSPS) is 12.6. The molecule has 1 aromatic carbocycles. The molecular formula is C20H23ClN4. The van der Waals surface area contributed by atoms with Crippen LogP contribution in [0, 0.1) is 0 Å². The van der Waals surface area contributed by atoms with Crippen LogP contribution in [-0.4, -0.2) is 9.38 Å². The van der Waals surface area contributed by atoms with E-state index in [4.69, 9.17) is 16.6 Å². The van der Waals surface area contributed by atoms with E-state index in [2.05, 4.69) is 57.0 Å². The third-order valence-electron chi connectivity index (χ3n) is 4.09. The minimum atomic E-state index is -0.144. The SMILES string of the molecule is CC(C)c1ccc(N=Nc2c(C(C)(C)C)nc3ccc(Cl)cn23)cc1. The quantitative estimate of drug-likeness (QED) is 0.475. The fourth-order valence-corrected chi connectivity index (χ4v) is 2.80. The summed E-state index contributed by atoms with van der Waals surface area (Å²) in [4.78, 5) is 4.73. The van der Waals surface area contributed by atoms with Crippen molar-refractivity contribution in [1.82, 2.24) is 9.38 Å². The average Bonchev–Trinajstić information content (AvgIpc) is 2.91. The van der Waals surface area contributed by atoms with Crippen molar-refractivity contribution in [2.75, 3.05) is 0 Å². The Labute approximate surface area is 153 Å². The number of imidazole rings is 1. The molecule has 0 aliphatic carbocycles. The van der Waals surface area contributed by atoms with Gasteiger partial charge in [-0.15, -0.1) is 10.2 Å². The number of benzene rings is 1. The third-order valence-corrected chi connectivity index (χ3v) is 4.31. The molecule has 0 amide bonds. The van der Waals surface area contributed by atoms with E-state index in [1.54, 1.807) is 0 Å². The first-order valence-electron chi connectivity index (χ1n) is 8.45.